The van der Waals surface area contributed by atoms with Crippen LogP contribution in [0.4, 0.5) is 5.69 Å². The zero-order valence-electron chi connectivity index (χ0n) is 9.47. The van der Waals surface area contributed by atoms with Crippen molar-refractivity contribution in [3.8, 4) is 5.75 Å². The number of isocyanates is 1. The van der Waals surface area contributed by atoms with Gasteiger partial charge in [0.1, 0.15) is 12.4 Å². The molecule has 0 aromatic heterocycles. The zero-order chi connectivity index (χ0) is 12.8. The van der Waals surface area contributed by atoms with Gasteiger partial charge in [-0.2, -0.15) is 4.99 Å². The molecule has 2 aromatic rings. The topological polar surface area (TPSA) is 38.7 Å². The van der Waals surface area contributed by atoms with Crippen LogP contribution in [0.15, 0.2) is 53.5 Å². The van der Waals surface area contributed by atoms with Crippen LogP contribution in [0.2, 0.25) is 5.02 Å². The average Bonchev–Trinajstić information content (AvgIpc) is 2.39. The van der Waals surface area contributed by atoms with Crippen LogP contribution in [0, 0.1) is 0 Å². The van der Waals surface area contributed by atoms with Crippen molar-refractivity contribution in [2.75, 3.05) is 0 Å². The fourth-order valence-electron chi connectivity index (χ4n) is 1.47. The smallest absolute Gasteiger partial charge is 0.240 e. The van der Waals surface area contributed by atoms with Crippen LogP contribution >= 0.6 is 11.6 Å². The third-order valence-corrected chi connectivity index (χ3v) is 2.56. The Morgan fingerprint density at radius 3 is 2.67 bits per heavy atom. The minimum Gasteiger partial charge on any atom is -0.489 e. The summed E-state index contributed by atoms with van der Waals surface area (Å²) in [6.07, 6.45) is 1.51. The van der Waals surface area contributed by atoms with Gasteiger partial charge in [0.25, 0.3) is 0 Å². The molecule has 2 aromatic carbocycles. The Balaban J connectivity index is 2.03. The second kappa shape index (κ2) is 6.01. The lowest BCUT2D eigenvalue weighted by atomic mass is 10.2. The summed E-state index contributed by atoms with van der Waals surface area (Å²) in [5, 5.41) is 0.671. The number of hydrogen-bond acceptors (Lipinski definition) is 3. The second-order valence-corrected chi connectivity index (χ2v) is 4.05. The van der Waals surface area contributed by atoms with E-state index in [1.54, 1.807) is 36.4 Å². The van der Waals surface area contributed by atoms with Gasteiger partial charge in [-0.15, -0.1) is 0 Å². The quantitative estimate of drug-likeness (QED) is 0.617. The number of ether oxygens (including phenoxy) is 1. The highest BCUT2D eigenvalue weighted by Gasteiger charge is 1.97. The van der Waals surface area contributed by atoms with Crippen LogP contribution < -0.4 is 4.74 Å². The van der Waals surface area contributed by atoms with Crippen molar-refractivity contribution >= 4 is 23.4 Å². The van der Waals surface area contributed by atoms with Gasteiger partial charge in [-0.3, -0.25) is 0 Å². The highest BCUT2D eigenvalue weighted by atomic mass is 35.5. The monoisotopic (exact) mass is 259 g/mol. The van der Waals surface area contributed by atoms with Crippen molar-refractivity contribution in [1.82, 2.24) is 0 Å². The molecule has 0 aliphatic heterocycles. The minimum atomic E-state index is 0.407. The van der Waals surface area contributed by atoms with Crippen molar-refractivity contribution in [3.05, 3.63) is 59.1 Å². The van der Waals surface area contributed by atoms with E-state index in [0.717, 1.165) is 11.3 Å². The van der Waals surface area contributed by atoms with Crippen molar-refractivity contribution in [3.63, 3.8) is 0 Å². The molecule has 90 valence electrons. The molecule has 0 aliphatic rings. The standard InChI is InChI=1S/C14H10ClNO2/c15-12-4-6-14(7-5-12)18-9-11-2-1-3-13(8-11)16-10-17/h1-8H,9H2. The molecule has 0 unspecified atom stereocenters. The summed E-state index contributed by atoms with van der Waals surface area (Å²) in [6.45, 7) is 0.407. The summed E-state index contributed by atoms with van der Waals surface area (Å²) in [5.74, 6) is 0.740. The molecule has 0 radical (unpaired) electrons. The second-order valence-electron chi connectivity index (χ2n) is 3.62. The number of hydrogen-bond donors (Lipinski definition) is 0. The Labute approximate surface area is 110 Å². The summed E-state index contributed by atoms with van der Waals surface area (Å²) in [5.41, 5.74) is 1.50. The van der Waals surface area contributed by atoms with Gasteiger partial charge in [0.05, 0.1) is 5.69 Å². The number of nitrogens with zero attached hydrogens (tertiary/aromatic N) is 1. The van der Waals surface area contributed by atoms with Gasteiger partial charge in [-0.1, -0.05) is 23.7 Å². The van der Waals surface area contributed by atoms with Gasteiger partial charge in [-0.05, 0) is 42.0 Å². The zero-order valence-corrected chi connectivity index (χ0v) is 10.2. The molecule has 0 fully saturated rings. The molecule has 0 aliphatic carbocycles. The van der Waals surface area contributed by atoms with Crippen LogP contribution in [-0.2, 0) is 11.4 Å². The molecule has 2 rings (SSSR count). The van der Waals surface area contributed by atoms with Gasteiger partial charge in [-0.25, -0.2) is 4.79 Å². The number of rotatable bonds is 4. The highest BCUT2D eigenvalue weighted by molar-refractivity contribution is 6.30. The minimum absolute atomic E-state index is 0.407. The van der Waals surface area contributed by atoms with Crippen molar-refractivity contribution in [2.45, 2.75) is 6.61 Å². The van der Waals surface area contributed by atoms with E-state index in [9.17, 15) is 4.79 Å². The Hall–Kier alpha value is -2.09. The molecule has 0 N–H and O–H groups in total. The van der Waals surface area contributed by atoms with E-state index in [4.69, 9.17) is 16.3 Å². The Morgan fingerprint density at radius 1 is 1.17 bits per heavy atom. The summed E-state index contributed by atoms with van der Waals surface area (Å²) < 4.78 is 5.58. The number of carbonyl (C=O) groups excluding carboxylic acids is 1. The number of aliphatic imine (C=N–C) groups is 1. The van der Waals surface area contributed by atoms with Crippen molar-refractivity contribution in [2.24, 2.45) is 4.99 Å². The average molecular weight is 260 g/mol. The molecule has 4 heteroatoms. The number of halogens is 1. The fourth-order valence-corrected chi connectivity index (χ4v) is 1.59. The van der Waals surface area contributed by atoms with Gasteiger partial charge >= 0.3 is 0 Å². The maximum atomic E-state index is 10.2. The van der Waals surface area contributed by atoms with E-state index < -0.39 is 0 Å². The first-order valence-corrected chi connectivity index (χ1v) is 5.71. The van der Waals surface area contributed by atoms with E-state index in [2.05, 4.69) is 4.99 Å². The Bertz CT molecular complexity index is 575. The lowest BCUT2D eigenvalue weighted by molar-refractivity contribution is 0.306. The van der Waals surface area contributed by atoms with E-state index in [1.807, 2.05) is 12.1 Å². The third kappa shape index (κ3) is 3.45. The normalized spacial score (nSPS) is 9.61. The maximum absolute atomic E-state index is 10.2. The van der Waals surface area contributed by atoms with Crippen LogP contribution in [0.5, 0.6) is 5.75 Å². The molecular weight excluding hydrogens is 250 g/mol. The predicted molar refractivity (Wildman–Crippen MR) is 70.0 cm³/mol. The van der Waals surface area contributed by atoms with Gasteiger partial charge < -0.3 is 4.74 Å². The van der Waals surface area contributed by atoms with E-state index >= 15 is 0 Å². The van der Waals surface area contributed by atoms with Gasteiger partial charge in [0.2, 0.25) is 6.08 Å². The van der Waals surface area contributed by atoms with Crippen LogP contribution in [0.25, 0.3) is 0 Å². The molecule has 0 bridgehead atoms. The number of benzene rings is 2. The van der Waals surface area contributed by atoms with Crippen molar-refractivity contribution < 1.29 is 9.53 Å². The molecule has 0 atom stereocenters. The van der Waals surface area contributed by atoms with E-state index in [1.165, 1.54) is 6.08 Å². The molecule has 0 saturated heterocycles. The lowest BCUT2D eigenvalue weighted by Crippen LogP contribution is -1.94. The maximum Gasteiger partial charge on any atom is 0.240 e. The molecule has 0 amide bonds. The van der Waals surface area contributed by atoms with E-state index in [0.29, 0.717) is 17.3 Å². The molecule has 0 heterocycles. The molecule has 3 nitrogen and oxygen atoms in total. The molecule has 18 heavy (non-hydrogen) atoms. The first-order chi connectivity index (χ1) is 8.78. The van der Waals surface area contributed by atoms with E-state index in [-0.39, 0.29) is 0 Å². The highest BCUT2D eigenvalue weighted by Crippen LogP contribution is 2.18. The first-order valence-electron chi connectivity index (χ1n) is 5.33. The summed E-state index contributed by atoms with van der Waals surface area (Å²) >= 11 is 5.78. The van der Waals surface area contributed by atoms with Crippen LogP contribution in [0.3, 0.4) is 0 Å². The van der Waals surface area contributed by atoms with Gasteiger partial charge in [0, 0.05) is 5.02 Å². The Kier molecular flexibility index (Phi) is 4.13. The Morgan fingerprint density at radius 2 is 1.94 bits per heavy atom. The SMILES string of the molecule is O=C=Nc1cccc(COc2ccc(Cl)cc2)c1. The summed E-state index contributed by atoms with van der Waals surface area (Å²) in [6, 6.07) is 14.4. The molecular formula is C14H10ClNO2. The predicted octanol–water partition coefficient (Wildman–Crippen LogP) is 3.89. The van der Waals surface area contributed by atoms with Crippen molar-refractivity contribution in [1.29, 1.82) is 0 Å². The van der Waals surface area contributed by atoms with Crippen LogP contribution in [0.1, 0.15) is 5.56 Å². The van der Waals surface area contributed by atoms with Gasteiger partial charge in [0.15, 0.2) is 0 Å². The fraction of sp³-hybridized carbons (Fsp3) is 0.0714. The molecule has 0 spiro atoms. The summed E-state index contributed by atoms with van der Waals surface area (Å²) in [7, 11) is 0. The third-order valence-electron chi connectivity index (χ3n) is 2.30. The van der Waals surface area contributed by atoms with Crippen LogP contribution in [-0.4, -0.2) is 6.08 Å². The molecule has 0 saturated carbocycles. The largest absolute Gasteiger partial charge is 0.489 e. The first kappa shape index (κ1) is 12.4. The lowest BCUT2D eigenvalue weighted by Gasteiger charge is -2.06. The summed E-state index contributed by atoms with van der Waals surface area (Å²) in [4.78, 5) is 13.7.